The Morgan fingerprint density at radius 1 is 1.30 bits per heavy atom. The monoisotopic (exact) mass is 273 g/mol. The summed E-state index contributed by atoms with van der Waals surface area (Å²) in [6.45, 7) is 1.91. The number of hydrogen-bond donors (Lipinski definition) is 1. The van der Waals surface area contributed by atoms with E-state index in [4.69, 9.17) is 0 Å². The zero-order valence-corrected chi connectivity index (χ0v) is 11.6. The quantitative estimate of drug-likeness (QED) is 0.935. The normalized spacial score (nSPS) is 10.2. The molecule has 2 rings (SSSR count). The molecule has 2 aromatic rings. The molecule has 0 saturated carbocycles. The van der Waals surface area contributed by atoms with Gasteiger partial charge >= 0.3 is 0 Å². The molecule has 4 nitrogen and oxygen atoms in total. The number of anilines is 2. The summed E-state index contributed by atoms with van der Waals surface area (Å²) in [5.74, 6) is -1.12. The number of halogens is 1. The highest BCUT2D eigenvalue weighted by Gasteiger charge is 2.13. The molecule has 104 valence electrons. The third-order valence-corrected chi connectivity index (χ3v) is 3.05. The minimum Gasteiger partial charge on any atom is -0.377 e. The summed E-state index contributed by atoms with van der Waals surface area (Å²) in [5.41, 5.74) is 2.57. The second kappa shape index (κ2) is 5.69. The molecule has 0 bridgehead atoms. The van der Waals surface area contributed by atoms with Crippen molar-refractivity contribution in [3.05, 3.63) is 53.6 Å². The lowest BCUT2D eigenvalue weighted by Gasteiger charge is -2.18. The van der Waals surface area contributed by atoms with Gasteiger partial charge in [-0.3, -0.25) is 9.78 Å². The van der Waals surface area contributed by atoms with E-state index >= 15 is 0 Å². The largest absolute Gasteiger partial charge is 0.377 e. The number of carbonyl (C=O) groups excluding carboxylic acids is 1. The minimum atomic E-state index is -0.633. The zero-order valence-electron chi connectivity index (χ0n) is 11.6. The number of carbonyl (C=O) groups is 1. The molecule has 0 aliphatic rings. The second-order valence-electron chi connectivity index (χ2n) is 4.65. The Bertz CT molecular complexity index is 641. The van der Waals surface area contributed by atoms with Gasteiger partial charge in [-0.25, -0.2) is 4.39 Å². The van der Waals surface area contributed by atoms with Crippen LogP contribution in [0.3, 0.4) is 0 Å². The number of nitrogens with zero attached hydrogens (tertiary/aromatic N) is 2. The Hall–Kier alpha value is -2.43. The molecule has 0 fully saturated rings. The number of amides is 1. The fourth-order valence-electron chi connectivity index (χ4n) is 1.99. The van der Waals surface area contributed by atoms with E-state index in [0.29, 0.717) is 5.69 Å². The first-order chi connectivity index (χ1) is 9.50. The van der Waals surface area contributed by atoms with Crippen LogP contribution >= 0.6 is 0 Å². The second-order valence-corrected chi connectivity index (χ2v) is 4.65. The highest BCUT2D eigenvalue weighted by atomic mass is 19.1. The Morgan fingerprint density at radius 2 is 2.05 bits per heavy atom. The van der Waals surface area contributed by atoms with Crippen LogP contribution in [0.15, 0.2) is 36.7 Å². The van der Waals surface area contributed by atoms with E-state index in [1.807, 2.05) is 38.1 Å². The maximum Gasteiger partial charge on any atom is 0.258 e. The highest BCUT2D eigenvalue weighted by molar-refractivity contribution is 6.05. The van der Waals surface area contributed by atoms with Crippen LogP contribution in [0.1, 0.15) is 15.9 Å². The van der Waals surface area contributed by atoms with E-state index in [2.05, 4.69) is 10.3 Å². The van der Waals surface area contributed by atoms with Gasteiger partial charge in [0.05, 0.1) is 11.8 Å². The van der Waals surface area contributed by atoms with Crippen LogP contribution < -0.4 is 10.2 Å². The van der Waals surface area contributed by atoms with E-state index in [1.54, 1.807) is 6.07 Å². The van der Waals surface area contributed by atoms with Crippen LogP contribution in [0.25, 0.3) is 0 Å². The number of pyridine rings is 1. The molecule has 0 aliphatic heterocycles. The molecule has 0 aliphatic carbocycles. The molecule has 0 spiro atoms. The van der Waals surface area contributed by atoms with Gasteiger partial charge in [0.25, 0.3) is 5.91 Å². The predicted molar refractivity (Wildman–Crippen MR) is 77.7 cm³/mol. The Kier molecular flexibility index (Phi) is 3.98. The molecule has 20 heavy (non-hydrogen) atoms. The van der Waals surface area contributed by atoms with Gasteiger partial charge in [0.1, 0.15) is 0 Å². The van der Waals surface area contributed by atoms with Crippen LogP contribution in [0.5, 0.6) is 0 Å². The average Bonchev–Trinajstić information content (AvgIpc) is 2.41. The van der Waals surface area contributed by atoms with E-state index < -0.39 is 11.7 Å². The Labute approximate surface area is 117 Å². The predicted octanol–water partition coefficient (Wildman–Crippen LogP) is 2.85. The molecule has 5 heteroatoms. The third kappa shape index (κ3) is 2.77. The number of aromatic nitrogens is 1. The van der Waals surface area contributed by atoms with Gasteiger partial charge in [-0.15, -0.1) is 0 Å². The van der Waals surface area contributed by atoms with Gasteiger partial charge in [-0.05, 0) is 30.7 Å². The molecule has 1 amide bonds. The fraction of sp³-hybridized carbons (Fsp3) is 0.200. The number of rotatable bonds is 3. The Balaban J connectivity index is 2.29. The van der Waals surface area contributed by atoms with Crippen molar-refractivity contribution in [2.45, 2.75) is 6.92 Å². The van der Waals surface area contributed by atoms with Gasteiger partial charge in [-0.1, -0.05) is 6.07 Å². The summed E-state index contributed by atoms with van der Waals surface area (Å²) in [5, 5.41) is 2.73. The molecule has 0 atom stereocenters. The molecule has 0 radical (unpaired) electrons. The van der Waals surface area contributed by atoms with Crippen molar-refractivity contribution in [3.63, 3.8) is 0 Å². The Morgan fingerprint density at radius 3 is 2.70 bits per heavy atom. The van der Waals surface area contributed by atoms with Crippen molar-refractivity contribution >= 4 is 17.3 Å². The summed E-state index contributed by atoms with van der Waals surface area (Å²) in [7, 11) is 3.85. The van der Waals surface area contributed by atoms with Crippen molar-refractivity contribution in [1.29, 1.82) is 0 Å². The molecule has 1 heterocycles. The molecule has 1 aromatic heterocycles. The molecule has 1 N–H and O–H groups in total. The van der Waals surface area contributed by atoms with Crippen molar-refractivity contribution in [2.24, 2.45) is 0 Å². The molecule has 1 aromatic carbocycles. The smallest absolute Gasteiger partial charge is 0.258 e. The van der Waals surface area contributed by atoms with Crippen LogP contribution in [-0.2, 0) is 0 Å². The van der Waals surface area contributed by atoms with Crippen LogP contribution in [0, 0.1) is 12.7 Å². The summed E-state index contributed by atoms with van der Waals surface area (Å²) in [6, 6.07) is 6.95. The standard InChI is InChI=1S/C15H16FN3O/c1-10-13(5-4-6-14(10)19(2)3)18-15(20)11-7-8-17-9-12(11)16/h4-9H,1-3H3,(H,18,20). The van der Waals surface area contributed by atoms with Gasteiger partial charge in [-0.2, -0.15) is 0 Å². The fourth-order valence-corrected chi connectivity index (χ4v) is 1.99. The van der Waals surface area contributed by atoms with Gasteiger partial charge in [0.2, 0.25) is 0 Å². The highest BCUT2D eigenvalue weighted by Crippen LogP contribution is 2.25. The van der Waals surface area contributed by atoms with E-state index in [1.165, 1.54) is 12.3 Å². The van der Waals surface area contributed by atoms with Gasteiger partial charge in [0.15, 0.2) is 5.82 Å². The van der Waals surface area contributed by atoms with Crippen LogP contribution in [-0.4, -0.2) is 25.0 Å². The first kappa shape index (κ1) is 14.0. The topological polar surface area (TPSA) is 45.2 Å². The molecular weight excluding hydrogens is 257 g/mol. The van der Waals surface area contributed by atoms with Gasteiger partial charge < -0.3 is 10.2 Å². The third-order valence-electron chi connectivity index (χ3n) is 3.05. The SMILES string of the molecule is Cc1c(NC(=O)c2ccncc2F)cccc1N(C)C. The summed E-state index contributed by atoms with van der Waals surface area (Å²) >= 11 is 0. The summed E-state index contributed by atoms with van der Waals surface area (Å²) in [6.07, 6.45) is 2.42. The first-order valence-electron chi connectivity index (χ1n) is 6.18. The van der Waals surface area contributed by atoms with E-state index in [0.717, 1.165) is 17.4 Å². The van der Waals surface area contributed by atoms with Gasteiger partial charge in [0, 0.05) is 31.7 Å². The lowest BCUT2D eigenvalue weighted by atomic mass is 10.1. The lowest BCUT2D eigenvalue weighted by Crippen LogP contribution is -2.16. The van der Waals surface area contributed by atoms with Crippen molar-refractivity contribution in [1.82, 2.24) is 4.98 Å². The minimum absolute atomic E-state index is 0.0188. The summed E-state index contributed by atoms with van der Waals surface area (Å²) < 4.78 is 13.5. The molecule has 0 unspecified atom stereocenters. The van der Waals surface area contributed by atoms with E-state index in [-0.39, 0.29) is 5.56 Å². The lowest BCUT2D eigenvalue weighted by molar-refractivity contribution is 0.102. The van der Waals surface area contributed by atoms with Crippen molar-refractivity contribution < 1.29 is 9.18 Å². The van der Waals surface area contributed by atoms with Crippen molar-refractivity contribution in [3.8, 4) is 0 Å². The van der Waals surface area contributed by atoms with Crippen LogP contribution in [0.4, 0.5) is 15.8 Å². The maximum atomic E-state index is 13.5. The average molecular weight is 273 g/mol. The molecule has 0 saturated heterocycles. The van der Waals surface area contributed by atoms with E-state index in [9.17, 15) is 9.18 Å². The number of benzene rings is 1. The summed E-state index contributed by atoms with van der Waals surface area (Å²) in [4.78, 5) is 17.7. The number of nitrogens with one attached hydrogen (secondary N) is 1. The first-order valence-corrected chi connectivity index (χ1v) is 6.18. The zero-order chi connectivity index (χ0) is 14.7. The number of hydrogen-bond acceptors (Lipinski definition) is 3. The maximum absolute atomic E-state index is 13.5. The molecular formula is C15H16FN3O. The van der Waals surface area contributed by atoms with Crippen LogP contribution in [0.2, 0.25) is 0 Å². The van der Waals surface area contributed by atoms with Crippen molar-refractivity contribution in [2.75, 3.05) is 24.3 Å².